The molecule has 1 aliphatic rings. The molecule has 0 saturated carbocycles. The minimum absolute atomic E-state index is 0.000690. The molecule has 0 unspecified atom stereocenters. The molecule has 26 heavy (non-hydrogen) atoms. The molecule has 0 bridgehead atoms. The fraction of sp³-hybridized carbons (Fsp3) is 0.400. The van der Waals surface area contributed by atoms with E-state index in [1.165, 1.54) is 0 Å². The van der Waals surface area contributed by atoms with Crippen LogP contribution in [0.3, 0.4) is 0 Å². The molecule has 2 aromatic rings. The Morgan fingerprint density at radius 2 is 0.808 bits per heavy atom. The molecule has 0 saturated heterocycles. The quantitative estimate of drug-likeness (QED) is 0.658. The molecular weight excluding hydrogens is 375 g/mol. The van der Waals surface area contributed by atoms with Gasteiger partial charge in [-0.3, -0.25) is 0 Å². The second kappa shape index (κ2) is 7.85. The molecule has 3 rings (SSSR count). The van der Waals surface area contributed by atoms with E-state index in [2.05, 4.69) is 0 Å². The predicted molar refractivity (Wildman–Crippen MR) is 104 cm³/mol. The summed E-state index contributed by atoms with van der Waals surface area (Å²) in [4.78, 5) is 0. The van der Waals surface area contributed by atoms with Gasteiger partial charge in [-0.05, 0) is 46.5 Å². The van der Waals surface area contributed by atoms with Crippen LogP contribution in [0.25, 0.3) is 0 Å². The van der Waals surface area contributed by atoms with Gasteiger partial charge in [0.1, 0.15) is 0 Å². The molecule has 0 radical (unpaired) electrons. The number of methoxy groups -OCH3 is 4. The molecule has 2 aromatic carbocycles. The number of fused-ring (bicyclic) bond motifs is 2. The van der Waals surface area contributed by atoms with Crippen LogP contribution in [-0.4, -0.2) is 40.2 Å². The molecule has 0 N–H and O–H groups in total. The molecular formula is C20H22Cl2O4. The number of hydrogen-bond donors (Lipinski definition) is 0. The monoisotopic (exact) mass is 396 g/mol. The Morgan fingerprint density at radius 1 is 0.577 bits per heavy atom. The summed E-state index contributed by atoms with van der Waals surface area (Å²) in [5.74, 6) is 3.58. The summed E-state index contributed by atoms with van der Waals surface area (Å²) in [5, 5.41) is 0. The maximum Gasteiger partial charge on any atom is 0.161 e. The molecule has 4 nitrogen and oxygen atoms in total. The van der Waals surface area contributed by atoms with Gasteiger partial charge in [0.05, 0.1) is 28.4 Å². The Bertz CT molecular complexity index is 677. The fourth-order valence-corrected chi connectivity index (χ4v) is 4.36. The van der Waals surface area contributed by atoms with Crippen molar-refractivity contribution < 1.29 is 18.9 Å². The van der Waals surface area contributed by atoms with Crippen LogP contribution in [0.1, 0.15) is 34.1 Å². The van der Waals surface area contributed by atoms with Gasteiger partial charge in [0, 0.05) is 23.6 Å². The van der Waals surface area contributed by atoms with Gasteiger partial charge in [0.15, 0.2) is 23.0 Å². The van der Waals surface area contributed by atoms with Gasteiger partial charge in [-0.25, -0.2) is 0 Å². The average Bonchev–Trinajstić information content (AvgIpc) is 2.69. The summed E-state index contributed by atoms with van der Waals surface area (Å²) >= 11 is 12.8. The summed E-state index contributed by atoms with van der Waals surface area (Å²) in [5.41, 5.74) is 4.40. The van der Waals surface area contributed by atoms with Crippen molar-refractivity contribution in [2.45, 2.75) is 11.8 Å². The van der Waals surface area contributed by atoms with Crippen molar-refractivity contribution in [3.05, 3.63) is 46.5 Å². The Morgan fingerprint density at radius 3 is 0.962 bits per heavy atom. The maximum atomic E-state index is 6.39. The number of hydrogen-bond acceptors (Lipinski definition) is 4. The number of rotatable bonds is 6. The van der Waals surface area contributed by atoms with Gasteiger partial charge in [-0.1, -0.05) is 0 Å². The van der Waals surface area contributed by atoms with Gasteiger partial charge in [-0.15, -0.1) is 23.2 Å². The van der Waals surface area contributed by atoms with Crippen LogP contribution in [-0.2, 0) is 0 Å². The third-order valence-electron chi connectivity index (χ3n) is 4.99. The maximum absolute atomic E-state index is 6.39. The van der Waals surface area contributed by atoms with Gasteiger partial charge >= 0.3 is 0 Å². The SMILES string of the molecule is COc1cc2c(cc1OC)C(CCl)c1cc(OC)c(OC)cc1C2CCl. The van der Waals surface area contributed by atoms with Crippen molar-refractivity contribution >= 4 is 23.2 Å². The van der Waals surface area contributed by atoms with Crippen LogP contribution < -0.4 is 18.9 Å². The zero-order valence-corrected chi connectivity index (χ0v) is 16.8. The zero-order valence-electron chi connectivity index (χ0n) is 15.3. The van der Waals surface area contributed by atoms with Crippen molar-refractivity contribution in [1.82, 2.24) is 0 Å². The second-order valence-electron chi connectivity index (χ2n) is 6.09. The molecule has 0 fully saturated rings. The van der Waals surface area contributed by atoms with Gasteiger partial charge in [0.25, 0.3) is 0 Å². The molecule has 0 spiro atoms. The largest absolute Gasteiger partial charge is 0.493 e. The first-order valence-electron chi connectivity index (χ1n) is 8.26. The van der Waals surface area contributed by atoms with Crippen molar-refractivity contribution in [2.75, 3.05) is 40.2 Å². The summed E-state index contributed by atoms with van der Waals surface area (Å²) < 4.78 is 22.0. The van der Waals surface area contributed by atoms with Gasteiger partial charge in [-0.2, -0.15) is 0 Å². The van der Waals surface area contributed by atoms with Crippen LogP contribution in [0.4, 0.5) is 0 Å². The highest BCUT2D eigenvalue weighted by atomic mass is 35.5. The van der Waals surface area contributed by atoms with Crippen LogP contribution in [0.15, 0.2) is 24.3 Å². The fourth-order valence-electron chi connectivity index (χ4n) is 3.70. The van der Waals surface area contributed by atoms with Crippen LogP contribution >= 0.6 is 23.2 Å². The highest BCUT2D eigenvalue weighted by Gasteiger charge is 2.34. The predicted octanol–water partition coefficient (Wildman–Crippen LogP) is 4.78. The van der Waals surface area contributed by atoms with E-state index in [4.69, 9.17) is 42.1 Å². The lowest BCUT2D eigenvalue weighted by atomic mass is 9.73. The number of alkyl halides is 2. The van der Waals surface area contributed by atoms with Gasteiger partial charge in [0.2, 0.25) is 0 Å². The average molecular weight is 397 g/mol. The molecule has 0 amide bonds. The van der Waals surface area contributed by atoms with Crippen LogP contribution in [0.5, 0.6) is 23.0 Å². The van der Waals surface area contributed by atoms with Crippen molar-refractivity contribution in [1.29, 1.82) is 0 Å². The van der Waals surface area contributed by atoms with Gasteiger partial charge < -0.3 is 18.9 Å². The molecule has 0 aliphatic heterocycles. The van der Waals surface area contributed by atoms with Crippen molar-refractivity contribution in [3.8, 4) is 23.0 Å². The second-order valence-corrected chi connectivity index (χ2v) is 6.70. The smallest absolute Gasteiger partial charge is 0.161 e. The van der Waals surface area contributed by atoms with E-state index in [1.807, 2.05) is 24.3 Å². The molecule has 0 aromatic heterocycles. The lowest BCUT2D eigenvalue weighted by molar-refractivity contribution is 0.352. The lowest BCUT2D eigenvalue weighted by Crippen LogP contribution is -2.21. The molecule has 6 heteroatoms. The van der Waals surface area contributed by atoms with Crippen molar-refractivity contribution in [3.63, 3.8) is 0 Å². The zero-order chi connectivity index (χ0) is 18.8. The Hall–Kier alpha value is -1.78. The lowest BCUT2D eigenvalue weighted by Gasteiger charge is -2.34. The van der Waals surface area contributed by atoms with E-state index in [0.29, 0.717) is 34.8 Å². The first-order chi connectivity index (χ1) is 12.6. The first-order valence-corrected chi connectivity index (χ1v) is 9.33. The number of ether oxygens (including phenoxy) is 4. The number of halogens is 2. The van der Waals surface area contributed by atoms with E-state index >= 15 is 0 Å². The summed E-state index contributed by atoms with van der Waals surface area (Å²) in [6.07, 6.45) is 0. The molecule has 1 aliphatic carbocycles. The van der Waals surface area contributed by atoms with E-state index in [1.54, 1.807) is 28.4 Å². The summed E-state index contributed by atoms with van der Waals surface area (Å²) in [6.45, 7) is 0. The van der Waals surface area contributed by atoms with E-state index < -0.39 is 0 Å². The molecule has 140 valence electrons. The third kappa shape index (κ3) is 2.95. The Kier molecular flexibility index (Phi) is 5.73. The standard InChI is InChI=1S/C20H22Cl2O4/c1-23-17-5-11-12(6-18(17)24-2)16(10-22)14-8-20(26-4)19(25-3)7-13(14)15(11)9-21/h5-8,15-16H,9-10H2,1-4H3. The molecule has 0 heterocycles. The Labute approximate surface area is 163 Å². The topological polar surface area (TPSA) is 36.9 Å². The minimum Gasteiger partial charge on any atom is -0.493 e. The minimum atomic E-state index is 0.000690. The number of benzene rings is 2. The molecule has 0 atom stereocenters. The van der Waals surface area contributed by atoms with Crippen LogP contribution in [0.2, 0.25) is 0 Å². The van der Waals surface area contributed by atoms with E-state index in [9.17, 15) is 0 Å². The summed E-state index contributed by atoms with van der Waals surface area (Å²) in [7, 11) is 6.51. The normalized spacial score (nSPS) is 17.9. The van der Waals surface area contributed by atoms with Crippen molar-refractivity contribution in [2.24, 2.45) is 0 Å². The van der Waals surface area contributed by atoms with E-state index in [0.717, 1.165) is 22.3 Å². The summed E-state index contributed by atoms with van der Waals surface area (Å²) in [6, 6.07) is 8.00. The van der Waals surface area contributed by atoms with E-state index in [-0.39, 0.29) is 11.8 Å². The highest BCUT2D eigenvalue weighted by molar-refractivity contribution is 6.19. The highest BCUT2D eigenvalue weighted by Crippen LogP contribution is 2.50. The third-order valence-corrected chi connectivity index (χ3v) is 5.61. The Balaban J connectivity index is 2.28. The first kappa shape index (κ1) is 19.0. The van der Waals surface area contributed by atoms with Crippen LogP contribution in [0, 0.1) is 0 Å².